The summed E-state index contributed by atoms with van der Waals surface area (Å²) in [6, 6.07) is 0.713. The minimum Gasteiger partial charge on any atom is -0.481 e. The molecule has 3 nitrogen and oxygen atoms in total. The van der Waals surface area contributed by atoms with Crippen LogP contribution < -0.4 is 0 Å². The van der Waals surface area contributed by atoms with Crippen molar-refractivity contribution in [1.82, 2.24) is 4.90 Å². The number of hydrogen-bond donors (Lipinski definition) is 1. The Morgan fingerprint density at radius 3 is 2.38 bits per heavy atom. The second-order valence-corrected chi connectivity index (χ2v) is 5.97. The summed E-state index contributed by atoms with van der Waals surface area (Å²) >= 11 is 0. The van der Waals surface area contributed by atoms with Gasteiger partial charge >= 0.3 is 5.97 Å². The van der Waals surface area contributed by atoms with E-state index in [-0.39, 0.29) is 11.5 Å². The van der Waals surface area contributed by atoms with E-state index in [1.807, 2.05) is 0 Å². The lowest BCUT2D eigenvalue weighted by atomic mass is 9.81. The molecule has 0 spiro atoms. The molecule has 1 saturated carbocycles. The van der Waals surface area contributed by atoms with Gasteiger partial charge < -0.3 is 5.11 Å². The fourth-order valence-electron chi connectivity index (χ4n) is 3.52. The number of carboxylic acids is 1. The molecule has 0 aromatic rings. The van der Waals surface area contributed by atoms with E-state index >= 15 is 0 Å². The van der Waals surface area contributed by atoms with E-state index in [1.54, 1.807) is 0 Å². The minimum absolute atomic E-state index is 0.0658. The van der Waals surface area contributed by atoms with E-state index in [2.05, 4.69) is 18.7 Å². The van der Waals surface area contributed by atoms with Crippen LogP contribution in [0, 0.1) is 5.92 Å². The van der Waals surface area contributed by atoms with Gasteiger partial charge in [0.15, 0.2) is 0 Å². The molecule has 1 atom stereocenters. The summed E-state index contributed by atoms with van der Waals surface area (Å²) in [6.07, 6.45) is 6.94. The third-order valence-electron chi connectivity index (χ3n) is 4.36. The smallest absolute Gasteiger partial charge is 0.306 e. The van der Waals surface area contributed by atoms with Gasteiger partial charge in [-0.2, -0.15) is 0 Å². The van der Waals surface area contributed by atoms with Gasteiger partial charge in [-0.05, 0) is 46.1 Å². The zero-order chi connectivity index (χ0) is 11.8. The van der Waals surface area contributed by atoms with Crippen molar-refractivity contribution in [3.63, 3.8) is 0 Å². The summed E-state index contributed by atoms with van der Waals surface area (Å²) in [5, 5.41) is 9.10. The maximum absolute atomic E-state index is 11.1. The molecule has 1 N–H and O–H groups in total. The highest BCUT2D eigenvalue weighted by Gasteiger charge is 2.41. The van der Waals surface area contributed by atoms with Crippen molar-refractivity contribution in [3.8, 4) is 0 Å². The number of hydrogen-bond acceptors (Lipinski definition) is 2. The number of carbonyl (C=O) groups is 1. The Morgan fingerprint density at radius 2 is 1.88 bits per heavy atom. The van der Waals surface area contributed by atoms with Crippen LogP contribution in [0.3, 0.4) is 0 Å². The molecule has 0 bridgehead atoms. The average Bonchev–Trinajstić information content (AvgIpc) is 2.68. The predicted molar refractivity (Wildman–Crippen MR) is 63.4 cm³/mol. The van der Waals surface area contributed by atoms with Crippen LogP contribution in [0.1, 0.15) is 52.4 Å². The van der Waals surface area contributed by atoms with E-state index in [0.717, 1.165) is 19.4 Å². The Balaban J connectivity index is 2.03. The van der Waals surface area contributed by atoms with E-state index < -0.39 is 5.97 Å². The van der Waals surface area contributed by atoms with Gasteiger partial charge in [-0.15, -0.1) is 0 Å². The van der Waals surface area contributed by atoms with Crippen molar-refractivity contribution < 1.29 is 9.90 Å². The van der Waals surface area contributed by atoms with Crippen LogP contribution in [0.2, 0.25) is 0 Å². The zero-order valence-corrected chi connectivity index (χ0v) is 10.4. The molecule has 2 aliphatic rings. The van der Waals surface area contributed by atoms with Gasteiger partial charge in [0, 0.05) is 11.6 Å². The number of carboxylic acid groups (broad SMARTS) is 1. The first-order valence-electron chi connectivity index (χ1n) is 6.50. The molecular formula is C13H23NO2. The standard InChI is InChI=1S/C13H23NO2/c1-13(2)9-10(12(15)16)7-8-14(13)11-5-3-4-6-11/h10-11H,3-9H2,1-2H3,(H,15,16). The first kappa shape index (κ1) is 11.9. The molecular weight excluding hydrogens is 202 g/mol. The first-order chi connectivity index (χ1) is 7.50. The van der Waals surface area contributed by atoms with Crippen LogP contribution >= 0.6 is 0 Å². The molecule has 0 aromatic heterocycles. The quantitative estimate of drug-likeness (QED) is 0.785. The minimum atomic E-state index is -0.612. The van der Waals surface area contributed by atoms with Gasteiger partial charge in [-0.3, -0.25) is 9.69 Å². The van der Waals surface area contributed by atoms with Crippen molar-refractivity contribution in [1.29, 1.82) is 0 Å². The van der Waals surface area contributed by atoms with E-state index in [4.69, 9.17) is 5.11 Å². The lowest BCUT2D eigenvalue weighted by Gasteiger charge is -2.48. The van der Waals surface area contributed by atoms with E-state index in [0.29, 0.717) is 6.04 Å². The summed E-state index contributed by atoms with van der Waals surface area (Å²) in [6.45, 7) is 5.38. The highest BCUT2D eigenvalue weighted by Crippen LogP contribution is 2.37. The van der Waals surface area contributed by atoms with Crippen LogP contribution in [0.5, 0.6) is 0 Å². The van der Waals surface area contributed by atoms with Crippen molar-refractivity contribution >= 4 is 5.97 Å². The summed E-state index contributed by atoms with van der Waals surface area (Å²) in [7, 11) is 0. The average molecular weight is 225 g/mol. The molecule has 1 aliphatic heterocycles. The molecule has 92 valence electrons. The monoisotopic (exact) mass is 225 g/mol. The number of piperidine rings is 1. The molecule has 1 heterocycles. The molecule has 0 radical (unpaired) electrons. The fraction of sp³-hybridized carbons (Fsp3) is 0.923. The molecule has 1 unspecified atom stereocenters. The summed E-state index contributed by atoms with van der Waals surface area (Å²) < 4.78 is 0. The third kappa shape index (κ3) is 2.24. The van der Waals surface area contributed by atoms with E-state index in [9.17, 15) is 4.79 Å². The second-order valence-electron chi connectivity index (χ2n) is 5.97. The summed E-state index contributed by atoms with van der Waals surface area (Å²) in [4.78, 5) is 13.6. The lowest BCUT2D eigenvalue weighted by Crippen LogP contribution is -2.54. The summed E-state index contributed by atoms with van der Waals surface area (Å²) in [5.41, 5.74) is 0.0658. The van der Waals surface area contributed by atoms with Crippen LogP contribution in [0.15, 0.2) is 0 Å². The van der Waals surface area contributed by atoms with Crippen LogP contribution in [0.25, 0.3) is 0 Å². The Labute approximate surface area is 97.8 Å². The number of aliphatic carboxylic acids is 1. The van der Waals surface area contributed by atoms with Crippen molar-refractivity contribution in [2.45, 2.75) is 64.0 Å². The van der Waals surface area contributed by atoms with Crippen LogP contribution in [-0.2, 0) is 4.79 Å². The topological polar surface area (TPSA) is 40.5 Å². The molecule has 0 aromatic carbocycles. The molecule has 2 fully saturated rings. The molecule has 2 rings (SSSR count). The SMILES string of the molecule is CC1(C)CC(C(=O)O)CCN1C1CCCC1. The lowest BCUT2D eigenvalue weighted by molar-refractivity contribution is -0.146. The largest absolute Gasteiger partial charge is 0.481 e. The highest BCUT2D eigenvalue weighted by molar-refractivity contribution is 5.70. The van der Waals surface area contributed by atoms with Gasteiger partial charge in [0.2, 0.25) is 0 Å². The van der Waals surface area contributed by atoms with Gasteiger partial charge in [0.05, 0.1) is 5.92 Å². The maximum atomic E-state index is 11.1. The second kappa shape index (κ2) is 4.36. The molecule has 0 amide bonds. The zero-order valence-electron chi connectivity index (χ0n) is 10.4. The van der Waals surface area contributed by atoms with Crippen molar-refractivity contribution in [2.24, 2.45) is 5.92 Å². The molecule has 3 heteroatoms. The summed E-state index contributed by atoms with van der Waals surface area (Å²) in [5.74, 6) is -0.744. The Kier molecular flexibility index (Phi) is 3.24. The Bertz CT molecular complexity index is 269. The molecule has 1 aliphatic carbocycles. The van der Waals surface area contributed by atoms with Gasteiger partial charge in [0.25, 0.3) is 0 Å². The number of rotatable bonds is 2. The van der Waals surface area contributed by atoms with Crippen LogP contribution in [0.4, 0.5) is 0 Å². The third-order valence-corrected chi connectivity index (χ3v) is 4.36. The van der Waals surface area contributed by atoms with E-state index in [1.165, 1.54) is 25.7 Å². The predicted octanol–water partition coefficient (Wildman–Crippen LogP) is 2.50. The number of likely N-dealkylation sites (tertiary alicyclic amines) is 1. The molecule has 16 heavy (non-hydrogen) atoms. The Hall–Kier alpha value is -0.570. The maximum Gasteiger partial charge on any atom is 0.306 e. The molecule has 1 saturated heterocycles. The van der Waals surface area contributed by atoms with Gasteiger partial charge in [-0.25, -0.2) is 0 Å². The Morgan fingerprint density at radius 1 is 1.25 bits per heavy atom. The van der Waals surface area contributed by atoms with Crippen molar-refractivity contribution in [3.05, 3.63) is 0 Å². The van der Waals surface area contributed by atoms with Gasteiger partial charge in [0.1, 0.15) is 0 Å². The normalized spacial score (nSPS) is 31.8. The van der Waals surface area contributed by atoms with Gasteiger partial charge in [-0.1, -0.05) is 12.8 Å². The van der Waals surface area contributed by atoms with Crippen molar-refractivity contribution in [2.75, 3.05) is 6.54 Å². The number of nitrogens with zero attached hydrogens (tertiary/aromatic N) is 1. The fourth-order valence-corrected chi connectivity index (χ4v) is 3.52. The first-order valence-corrected chi connectivity index (χ1v) is 6.50. The van der Waals surface area contributed by atoms with Crippen LogP contribution in [-0.4, -0.2) is 34.1 Å². The highest BCUT2D eigenvalue weighted by atomic mass is 16.4.